The third-order valence-electron chi connectivity index (χ3n) is 4.37. The Bertz CT molecular complexity index is 563. The number of ether oxygens (including phenoxy) is 1. The van der Waals surface area contributed by atoms with Crippen LogP contribution >= 0.6 is 0 Å². The van der Waals surface area contributed by atoms with E-state index < -0.39 is 12.1 Å². The molecular weight excluding hydrogens is 296 g/mol. The van der Waals surface area contributed by atoms with Gasteiger partial charge in [-0.3, -0.25) is 4.79 Å². The highest BCUT2D eigenvalue weighted by Gasteiger charge is 2.41. The number of aryl methyl sites for hydroxylation is 1. The van der Waals surface area contributed by atoms with Crippen molar-refractivity contribution in [2.75, 3.05) is 7.11 Å². The number of nitrogens with zero attached hydrogens (tertiary/aromatic N) is 1. The molecule has 0 spiro atoms. The van der Waals surface area contributed by atoms with Crippen LogP contribution in [0.25, 0.3) is 0 Å². The van der Waals surface area contributed by atoms with Gasteiger partial charge < -0.3 is 20.4 Å². The van der Waals surface area contributed by atoms with Crippen molar-refractivity contribution in [3.63, 3.8) is 0 Å². The van der Waals surface area contributed by atoms with Gasteiger partial charge in [0, 0.05) is 23.9 Å². The highest BCUT2D eigenvalue weighted by atomic mass is 16.5. The molecule has 1 atom stereocenters. The molecule has 0 unspecified atom stereocenters. The van der Waals surface area contributed by atoms with Crippen LogP contribution in [0.3, 0.4) is 0 Å². The molecule has 1 aromatic heterocycles. The van der Waals surface area contributed by atoms with E-state index >= 15 is 0 Å². The summed E-state index contributed by atoms with van der Waals surface area (Å²) in [4.78, 5) is 31.6. The number of alkyl carbamates (subject to hydrolysis) is 1. The molecule has 128 valence electrons. The molecule has 1 saturated carbocycles. The molecule has 23 heavy (non-hydrogen) atoms. The van der Waals surface area contributed by atoms with E-state index in [-0.39, 0.29) is 17.4 Å². The molecule has 1 fully saturated rings. The summed E-state index contributed by atoms with van der Waals surface area (Å²) in [7, 11) is 1.29. The smallest absolute Gasteiger partial charge is 0.407 e. The number of hydrogen-bond donors (Lipinski definition) is 3. The minimum atomic E-state index is -0.613. The summed E-state index contributed by atoms with van der Waals surface area (Å²) >= 11 is 0. The van der Waals surface area contributed by atoms with E-state index in [9.17, 15) is 9.59 Å². The van der Waals surface area contributed by atoms with Crippen LogP contribution in [0.5, 0.6) is 0 Å². The van der Waals surface area contributed by atoms with Crippen molar-refractivity contribution in [1.29, 1.82) is 0 Å². The number of imidazole rings is 1. The first-order chi connectivity index (χ1) is 10.8. The number of methoxy groups -OCH3 is 1. The van der Waals surface area contributed by atoms with Crippen molar-refractivity contribution < 1.29 is 14.3 Å². The second-order valence-electron chi connectivity index (χ2n) is 6.67. The lowest BCUT2D eigenvalue weighted by Gasteiger charge is -2.43. The Morgan fingerprint density at radius 3 is 2.57 bits per heavy atom. The summed E-state index contributed by atoms with van der Waals surface area (Å²) in [6.07, 6.45) is 4.79. The fourth-order valence-corrected chi connectivity index (χ4v) is 2.89. The Balaban J connectivity index is 2.04. The van der Waals surface area contributed by atoms with Crippen LogP contribution in [-0.4, -0.2) is 40.7 Å². The molecular formula is C16H26N4O3. The first-order valence-electron chi connectivity index (χ1n) is 8.02. The SMILES string of the molecule is COC(=O)N[C@H](C(=O)NC1(Cc2ncc(C)[nH]2)CCC1)C(C)C. The molecule has 1 heterocycles. The van der Waals surface area contributed by atoms with Crippen LogP contribution in [0.1, 0.15) is 44.6 Å². The summed E-state index contributed by atoms with van der Waals surface area (Å²) in [6, 6.07) is -0.613. The number of nitrogens with one attached hydrogen (secondary N) is 3. The quantitative estimate of drug-likeness (QED) is 0.742. The average molecular weight is 322 g/mol. The van der Waals surface area contributed by atoms with Gasteiger partial charge in [-0.05, 0) is 32.1 Å². The van der Waals surface area contributed by atoms with Gasteiger partial charge in [-0.25, -0.2) is 9.78 Å². The molecule has 1 aromatic rings. The predicted octanol–water partition coefficient (Wildman–Crippen LogP) is 1.68. The topological polar surface area (TPSA) is 96.1 Å². The lowest BCUT2D eigenvalue weighted by atomic mass is 9.74. The van der Waals surface area contributed by atoms with E-state index in [1.807, 2.05) is 20.8 Å². The second-order valence-corrected chi connectivity index (χ2v) is 6.67. The number of aromatic amines is 1. The third kappa shape index (κ3) is 4.24. The van der Waals surface area contributed by atoms with Crippen molar-refractivity contribution in [3.05, 3.63) is 17.7 Å². The van der Waals surface area contributed by atoms with Crippen LogP contribution in [-0.2, 0) is 16.0 Å². The van der Waals surface area contributed by atoms with E-state index in [0.717, 1.165) is 30.8 Å². The van der Waals surface area contributed by atoms with Gasteiger partial charge >= 0.3 is 6.09 Å². The second kappa shape index (κ2) is 7.02. The summed E-state index contributed by atoms with van der Waals surface area (Å²) < 4.78 is 4.60. The molecule has 2 amide bonds. The number of carbonyl (C=O) groups excluding carboxylic acids is 2. The number of rotatable bonds is 6. The highest BCUT2D eigenvalue weighted by molar-refractivity contribution is 5.86. The Kier molecular flexibility index (Phi) is 5.28. The Labute approximate surface area is 136 Å². The van der Waals surface area contributed by atoms with Crippen molar-refractivity contribution >= 4 is 12.0 Å². The molecule has 0 radical (unpaired) electrons. The van der Waals surface area contributed by atoms with E-state index in [1.54, 1.807) is 6.20 Å². The lowest BCUT2D eigenvalue weighted by molar-refractivity contribution is -0.127. The maximum absolute atomic E-state index is 12.6. The highest BCUT2D eigenvalue weighted by Crippen LogP contribution is 2.34. The minimum absolute atomic E-state index is 0.0305. The van der Waals surface area contributed by atoms with Gasteiger partial charge in [0.05, 0.1) is 7.11 Å². The van der Waals surface area contributed by atoms with Crippen LogP contribution in [0.15, 0.2) is 6.20 Å². The average Bonchev–Trinajstić information content (AvgIpc) is 2.86. The van der Waals surface area contributed by atoms with Gasteiger partial charge in [0.2, 0.25) is 5.91 Å². The maximum Gasteiger partial charge on any atom is 0.407 e. The molecule has 7 nitrogen and oxygen atoms in total. The Morgan fingerprint density at radius 2 is 2.13 bits per heavy atom. The number of hydrogen-bond acceptors (Lipinski definition) is 4. The molecule has 1 aliphatic rings. The van der Waals surface area contributed by atoms with E-state index in [4.69, 9.17) is 0 Å². The van der Waals surface area contributed by atoms with Gasteiger partial charge in [-0.1, -0.05) is 13.8 Å². The van der Waals surface area contributed by atoms with Gasteiger partial charge in [0.15, 0.2) is 0 Å². The summed E-state index contributed by atoms with van der Waals surface area (Å²) in [5, 5.41) is 5.74. The van der Waals surface area contributed by atoms with E-state index in [0.29, 0.717) is 6.42 Å². The van der Waals surface area contributed by atoms with Crippen LogP contribution in [0.4, 0.5) is 4.79 Å². The van der Waals surface area contributed by atoms with E-state index in [1.165, 1.54) is 7.11 Å². The van der Waals surface area contributed by atoms with Crippen molar-refractivity contribution in [1.82, 2.24) is 20.6 Å². The first-order valence-corrected chi connectivity index (χ1v) is 8.02. The Morgan fingerprint density at radius 1 is 1.43 bits per heavy atom. The van der Waals surface area contributed by atoms with Crippen LogP contribution < -0.4 is 10.6 Å². The molecule has 0 aromatic carbocycles. The lowest BCUT2D eigenvalue weighted by Crippen LogP contribution is -2.60. The number of aromatic nitrogens is 2. The zero-order valence-corrected chi connectivity index (χ0v) is 14.2. The van der Waals surface area contributed by atoms with Gasteiger partial charge in [0.1, 0.15) is 11.9 Å². The summed E-state index contributed by atoms with van der Waals surface area (Å²) in [5.41, 5.74) is 0.736. The zero-order valence-electron chi connectivity index (χ0n) is 14.2. The third-order valence-corrected chi connectivity index (χ3v) is 4.37. The van der Waals surface area contributed by atoms with Crippen molar-refractivity contribution in [3.8, 4) is 0 Å². The molecule has 1 aliphatic carbocycles. The number of carbonyl (C=O) groups is 2. The number of amides is 2. The fourth-order valence-electron chi connectivity index (χ4n) is 2.89. The molecule has 0 aliphatic heterocycles. The van der Waals surface area contributed by atoms with Gasteiger partial charge in [0.25, 0.3) is 0 Å². The van der Waals surface area contributed by atoms with Crippen LogP contribution in [0.2, 0.25) is 0 Å². The van der Waals surface area contributed by atoms with Crippen molar-refractivity contribution in [2.24, 2.45) is 5.92 Å². The largest absolute Gasteiger partial charge is 0.453 e. The maximum atomic E-state index is 12.6. The number of H-pyrrole nitrogens is 1. The molecule has 0 saturated heterocycles. The zero-order chi connectivity index (χ0) is 17.0. The van der Waals surface area contributed by atoms with Crippen LogP contribution in [0, 0.1) is 12.8 Å². The normalized spacial score (nSPS) is 17.3. The minimum Gasteiger partial charge on any atom is -0.453 e. The standard InChI is InChI=1S/C16H26N4O3/c1-10(2)13(19-15(22)23-4)14(21)20-16(6-5-7-16)8-12-17-9-11(3)18-12/h9-10,13H,5-8H2,1-4H3,(H,17,18)(H,19,22)(H,20,21)/t13-/m0/s1. The van der Waals surface area contributed by atoms with Crippen molar-refractivity contribution in [2.45, 2.75) is 58.0 Å². The Hall–Kier alpha value is -2.05. The van der Waals surface area contributed by atoms with Gasteiger partial charge in [-0.15, -0.1) is 0 Å². The molecule has 0 bridgehead atoms. The first kappa shape index (κ1) is 17.3. The predicted molar refractivity (Wildman–Crippen MR) is 85.9 cm³/mol. The van der Waals surface area contributed by atoms with Gasteiger partial charge in [-0.2, -0.15) is 0 Å². The monoisotopic (exact) mass is 322 g/mol. The molecule has 2 rings (SSSR count). The van der Waals surface area contributed by atoms with E-state index in [2.05, 4.69) is 25.3 Å². The summed E-state index contributed by atoms with van der Waals surface area (Å²) in [6.45, 7) is 5.74. The fraction of sp³-hybridized carbons (Fsp3) is 0.688. The summed E-state index contributed by atoms with van der Waals surface area (Å²) in [5.74, 6) is 0.676. The molecule has 3 N–H and O–H groups in total. The molecule has 7 heteroatoms.